The Morgan fingerprint density at radius 3 is 2.32 bits per heavy atom. The highest BCUT2D eigenvalue weighted by atomic mass is 16.5. The van der Waals surface area contributed by atoms with E-state index < -0.39 is 12.0 Å². The molecule has 4 unspecified atom stereocenters. The summed E-state index contributed by atoms with van der Waals surface area (Å²) in [4.78, 5) is 23.4. The maximum Gasteiger partial charge on any atom is 0.326 e. The molecule has 0 aromatic heterocycles. The van der Waals surface area contributed by atoms with Crippen molar-refractivity contribution in [1.82, 2.24) is 5.32 Å². The molecule has 2 N–H and O–H groups in total. The van der Waals surface area contributed by atoms with Crippen LogP contribution in [0.2, 0.25) is 0 Å². The number of aliphatic carboxylic acids is 1. The standard InChI is InChI=1S/C14H25NO4/c1-5-6-7-11(14(17)18)15-13(16)12-8(2)9(3)19-10(12)4/h8-12H,5-7H2,1-4H3,(H,15,16)(H,17,18)/t8?,9?,10?,11-,12?/m0/s1. The molecular formula is C14H25NO4. The molecule has 5 nitrogen and oxygen atoms in total. The minimum atomic E-state index is -0.964. The van der Waals surface area contributed by atoms with Gasteiger partial charge < -0.3 is 15.2 Å². The first-order chi connectivity index (χ1) is 8.88. The van der Waals surface area contributed by atoms with Crippen LogP contribution in [0.4, 0.5) is 0 Å². The topological polar surface area (TPSA) is 75.6 Å². The van der Waals surface area contributed by atoms with Crippen molar-refractivity contribution < 1.29 is 19.4 Å². The van der Waals surface area contributed by atoms with Crippen LogP contribution >= 0.6 is 0 Å². The fourth-order valence-electron chi connectivity index (χ4n) is 2.65. The minimum absolute atomic E-state index is 0.0321. The van der Waals surface area contributed by atoms with E-state index in [0.29, 0.717) is 6.42 Å². The first kappa shape index (κ1) is 16.0. The highest BCUT2D eigenvalue weighted by Gasteiger charge is 2.42. The Bertz CT molecular complexity index is 331. The number of hydrogen-bond acceptors (Lipinski definition) is 3. The van der Waals surface area contributed by atoms with Crippen molar-refractivity contribution in [2.24, 2.45) is 11.8 Å². The zero-order valence-electron chi connectivity index (χ0n) is 12.2. The number of carbonyl (C=O) groups is 2. The van der Waals surface area contributed by atoms with Gasteiger partial charge in [0.2, 0.25) is 5.91 Å². The number of hydrogen-bond donors (Lipinski definition) is 2. The molecule has 1 aliphatic rings. The monoisotopic (exact) mass is 271 g/mol. The van der Waals surface area contributed by atoms with Gasteiger partial charge in [-0.3, -0.25) is 4.79 Å². The van der Waals surface area contributed by atoms with Gasteiger partial charge in [0.25, 0.3) is 0 Å². The number of carbonyl (C=O) groups excluding carboxylic acids is 1. The fraction of sp³-hybridized carbons (Fsp3) is 0.857. The van der Waals surface area contributed by atoms with Crippen LogP contribution in [0.1, 0.15) is 47.0 Å². The van der Waals surface area contributed by atoms with Crippen LogP contribution in [0.5, 0.6) is 0 Å². The SMILES string of the molecule is CCCC[C@H](NC(=O)C1C(C)OC(C)C1C)C(=O)O. The summed E-state index contributed by atoms with van der Waals surface area (Å²) in [5, 5.41) is 11.8. The van der Waals surface area contributed by atoms with E-state index in [1.165, 1.54) is 0 Å². The molecule has 0 aromatic rings. The predicted octanol–water partition coefficient (Wildman–Crippen LogP) is 1.81. The maximum absolute atomic E-state index is 12.2. The Labute approximate surface area is 114 Å². The average molecular weight is 271 g/mol. The van der Waals surface area contributed by atoms with Crippen LogP contribution in [0.15, 0.2) is 0 Å². The van der Waals surface area contributed by atoms with E-state index in [1.54, 1.807) is 0 Å². The number of carboxylic acid groups (broad SMARTS) is 1. The smallest absolute Gasteiger partial charge is 0.326 e. The summed E-state index contributed by atoms with van der Waals surface area (Å²) < 4.78 is 5.62. The predicted molar refractivity (Wildman–Crippen MR) is 71.8 cm³/mol. The third-order valence-corrected chi connectivity index (χ3v) is 4.01. The fourth-order valence-corrected chi connectivity index (χ4v) is 2.65. The third kappa shape index (κ3) is 3.93. The van der Waals surface area contributed by atoms with E-state index in [0.717, 1.165) is 12.8 Å². The van der Waals surface area contributed by atoms with Crippen LogP contribution in [-0.4, -0.2) is 35.2 Å². The van der Waals surface area contributed by atoms with Gasteiger partial charge in [-0.1, -0.05) is 26.7 Å². The van der Waals surface area contributed by atoms with Crippen LogP contribution < -0.4 is 5.32 Å². The zero-order chi connectivity index (χ0) is 14.6. The van der Waals surface area contributed by atoms with Gasteiger partial charge in [-0.2, -0.15) is 0 Å². The molecular weight excluding hydrogens is 246 g/mol. The number of amides is 1. The molecule has 1 aliphatic heterocycles. The van der Waals surface area contributed by atoms with Gasteiger partial charge in [0.15, 0.2) is 0 Å². The number of carboxylic acids is 1. The van der Waals surface area contributed by atoms with E-state index in [4.69, 9.17) is 9.84 Å². The molecule has 110 valence electrons. The Hall–Kier alpha value is -1.10. The van der Waals surface area contributed by atoms with E-state index in [1.807, 2.05) is 27.7 Å². The summed E-state index contributed by atoms with van der Waals surface area (Å²) >= 11 is 0. The molecule has 5 heteroatoms. The van der Waals surface area contributed by atoms with Gasteiger partial charge in [-0.05, 0) is 26.2 Å². The Morgan fingerprint density at radius 1 is 1.26 bits per heavy atom. The molecule has 1 saturated heterocycles. The number of unbranched alkanes of at least 4 members (excludes halogenated alkanes) is 1. The average Bonchev–Trinajstić information content (AvgIpc) is 2.58. The highest BCUT2D eigenvalue weighted by Crippen LogP contribution is 2.32. The molecule has 0 radical (unpaired) electrons. The lowest BCUT2D eigenvalue weighted by Gasteiger charge is -2.21. The lowest BCUT2D eigenvalue weighted by molar-refractivity contribution is -0.143. The molecule has 1 heterocycles. The molecule has 1 rings (SSSR count). The molecule has 19 heavy (non-hydrogen) atoms. The minimum Gasteiger partial charge on any atom is -0.480 e. The zero-order valence-corrected chi connectivity index (χ0v) is 12.2. The maximum atomic E-state index is 12.2. The van der Waals surface area contributed by atoms with E-state index in [-0.39, 0.29) is 30.0 Å². The Balaban J connectivity index is 2.63. The van der Waals surface area contributed by atoms with Crippen LogP contribution in [0.25, 0.3) is 0 Å². The van der Waals surface area contributed by atoms with Crippen molar-refractivity contribution in [3.8, 4) is 0 Å². The van der Waals surface area contributed by atoms with Crippen molar-refractivity contribution in [2.45, 2.75) is 65.2 Å². The van der Waals surface area contributed by atoms with Gasteiger partial charge in [-0.15, -0.1) is 0 Å². The Morgan fingerprint density at radius 2 is 1.89 bits per heavy atom. The highest BCUT2D eigenvalue weighted by molar-refractivity contribution is 5.85. The van der Waals surface area contributed by atoms with Gasteiger partial charge in [-0.25, -0.2) is 4.79 Å². The van der Waals surface area contributed by atoms with Gasteiger partial charge >= 0.3 is 5.97 Å². The molecule has 0 saturated carbocycles. The van der Waals surface area contributed by atoms with Crippen LogP contribution in [0.3, 0.4) is 0 Å². The third-order valence-electron chi connectivity index (χ3n) is 4.01. The Kier molecular flexibility index (Phi) is 5.79. The largest absolute Gasteiger partial charge is 0.480 e. The molecule has 0 aliphatic carbocycles. The molecule has 0 bridgehead atoms. The second-order valence-electron chi connectivity index (χ2n) is 5.47. The summed E-state index contributed by atoms with van der Waals surface area (Å²) in [7, 11) is 0. The summed E-state index contributed by atoms with van der Waals surface area (Å²) in [5.41, 5.74) is 0. The number of nitrogens with one attached hydrogen (secondary N) is 1. The van der Waals surface area contributed by atoms with E-state index >= 15 is 0 Å². The van der Waals surface area contributed by atoms with E-state index in [2.05, 4.69) is 5.32 Å². The van der Waals surface area contributed by atoms with Crippen LogP contribution in [-0.2, 0) is 14.3 Å². The first-order valence-corrected chi connectivity index (χ1v) is 7.07. The molecule has 0 aromatic carbocycles. The van der Waals surface area contributed by atoms with Crippen molar-refractivity contribution in [2.75, 3.05) is 0 Å². The van der Waals surface area contributed by atoms with Crippen LogP contribution in [0, 0.1) is 11.8 Å². The molecule has 1 fully saturated rings. The molecule has 1 amide bonds. The number of ether oxygens (including phenoxy) is 1. The summed E-state index contributed by atoms with van der Waals surface area (Å²) in [5.74, 6) is -1.32. The van der Waals surface area contributed by atoms with Crippen molar-refractivity contribution >= 4 is 11.9 Å². The quantitative estimate of drug-likeness (QED) is 0.772. The summed E-state index contributed by atoms with van der Waals surface area (Å²) in [6, 6.07) is -0.789. The number of rotatable bonds is 6. The molecule has 5 atom stereocenters. The van der Waals surface area contributed by atoms with Gasteiger partial charge in [0.05, 0.1) is 18.1 Å². The normalized spacial score (nSPS) is 32.0. The van der Waals surface area contributed by atoms with Gasteiger partial charge in [0, 0.05) is 0 Å². The molecule has 0 spiro atoms. The summed E-state index contributed by atoms with van der Waals surface area (Å²) in [6.07, 6.45) is 2.05. The van der Waals surface area contributed by atoms with Crippen molar-refractivity contribution in [3.63, 3.8) is 0 Å². The second-order valence-corrected chi connectivity index (χ2v) is 5.47. The van der Waals surface area contributed by atoms with Crippen molar-refractivity contribution in [3.05, 3.63) is 0 Å². The van der Waals surface area contributed by atoms with Gasteiger partial charge in [0.1, 0.15) is 6.04 Å². The second kappa shape index (κ2) is 6.89. The summed E-state index contributed by atoms with van der Waals surface area (Å²) in [6.45, 7) is 7.78. The lowest BCUT2D eigenvalue weighted by atomic mass is 9.88. The first-order valence-electron chi connectivity index (χ1n) is 7.07. The van der Waals surface area contributed by atoms with E-state index in [9.17, 15) is 9.59 Å². The lowest BCUT2D eigenvalue weighted by Crippen LogP contribution is -2.46. The van der Waals surface area contributed by atoms with Crippen molar-refractivity contribution in [1.29, 1.82) is 0 Å².